The molecule has 96 valence electrons. The zero-order valence-electron chi connectivity index (χ0n) is 11.3. The average molecular weight is 228 g/mol. The fourth-order valence-corrected chi connectivity index (χ4v) is 2.11. The van der Waals surface area contributed by atoms with Gasteiger partial charge in [0, 0.05) is 18.6 Å². The molecule has 2 N–H and O–H groups in total. The molecule has 3 nitrogen and oxygen atoms in total. The summed E-state index contributed by atoms with van der Waals surface area (Å²) < 4.78 is 0. The molecule has 0 aromatic heterocycles. The van der Waals surface area contributed by atoms with E-state index in [1.807, 2.05) is 13.8 Å². The van der Waals surface area contributed by atoms with Crippen molar-refractivity contribution in [1.29, 1.82) is 0 Å². The second-order valence-corrected chi connectivity index (χ2v) is 5.64. The highest BCUT2D eigenvalue weighted by Crippen LogP contribution is 2.14. The van der Waals surface area contributed by atoms with E-state index in [0.29, 0.717) is 12.1 Å². The molecular weight excluding hydrogens is 200 g/mol. The monoisotopic (exact) mass is 228 g/mol. The second-order valence-electron chi connectivity index (χ2n) is 5.64. The van der Waals surface area contributed by atoms with Gasteiger partial charge in [-0.25, -0.2) is 0 Å². The molecule has 16 heavy (non-hydrogen) atoms. The number of likely N-dealkylation sites (tertiary alicyclic amines) is 1. The van der Waals surface area contributed by atoms with Gasteiger partial charge in [0.25, 0.3) is 0 Å². The van der Waals surface area contributed by atoms with Crippen LogP contribution in [0.4, 0.5) is 0 Å². The van der Waals surface area contributed by atoms with E-state index in [9.17, 15) is 5.11 Å². The molecule has 0 radical (unpaired) electrons. The first kappa shape index (κ1) is 13.9. The van der Waals surface area contributed by atoms with E-state index in [1.165, 1.54) is 25.9 Å². The molecule has 1 rings (SSSR count). The molecule has 1 aliphatic heterocycles. The Labute approximate surface area is 100 Å². The van der Waals surface area contributed by atoms with Crippen LogP contribution in [0.15, 0.2) is 0 Å². The van der Waals surface area contributed by atoms with Gasteiger partial charge in [0.15, 0.2) is 0 Å². The van der Waals surface area contributed by atoms with Crippen LogP contribution in [0.1, 0.15) is 47.0 Å². The topological polar surface area (TPSA) is 35.5 Å². The number of nitrogens with one attached hydrogen (secondary N) is 1. The first-order valence-electron chi connectivity index (χ1n) is 6.64. The third-order valence-corrected chi connectivity index (χ3v) is 3.79. The van der Waals surface area contributed by atoms with Crippen LogP contribution in [0.2, 0.25) is 0 Å². The second kappa shape index (κ2) is 5.99. The van der Waals surface area contributed by atoms with Gasteiger partial charge in [0.2, 0.25) is 0 Å². The summed E-state index contributed by atoms with van der Waals surface area (Å²) in [7, 11) is 0. The Balaban J connectivity index is 2.22. The Morgan fingerprint density at radius 3 is 2.38 bits per heavy atom. The summed E-state index contributed by atoms with van der Waals surface area (Å²) in [5, 5.41) is 13.4. The SMILES string of the molecule is CCC(C)(O)CNC1CCN(C(C)C)CC1. The Kier molecular flexibility index (Phi) is 5.22. The minimum absolute atomic E-state index is 0.546. The van der Waals surface area contributed by atoms with Crippen LogP contribution in [0.25, 0.3) is 0 Å². The number of piperidine rings is 1. The third-order valence-electron chi connectivity index (χ3n) is 3.79. The lowest BCUT2D eigenvalue weighted by Crippen LogP contribution is -2.48. The normalized spacial score (nSPS) is 23.6. The van der Waals surface area contributed by atoms with Crippen molar-refractivity contribution in [1.82, 2.24) is 10.2 Å². The molecule has 0 saturated carbocycles. The van der Waals surface area contributed by atoms with Crippen molar-refractivity contribution in [2.75, 3.05) is 19.6 Å². The third kappa shape index (κ3) is 4.40. The number of hydrogen-bond donors (Lipinski definition) is 2. The summed E-state index contributed by atoms with van der Waals surface area (Å²) in [4.78, 5) is 2.52. The smallest absolute Gasteiger partial charge is 0.0741 e. The highest BCUT2D eigenvalue weighted by atomic mass is 16.3. The summed E-state index contributed by atoms with van der Waals surface area (Å²) in [5.41, 5.74) is -0.546. The van der Waals surface area contributed by atoms with Crippen molar-refractivity contribution in [2.24, 2.45) is 0 Å². The lowest BCUT2D eigenvalue weighted by molar-refractivity contribution is 0.0484. The van der Waals surface area contributed by atoms with E-state index in [1.54, 1.807) is 0 Å². The standard InChI is InChI=1S/C13H28N2O/c1-5-13(4,16)10-14-12-6-8-15(9-7-12)11(2)3/h11-12,14,16H,5-10H2,1-4H3. The minimum Gasteiger partial charge on any atom is -0.389 e. The van der Waals surface area contributed by atoms with E-state index in [4.69, 9.17) is 0 Å². The zero-order valence-corrected chi connectivity index (χ0v) is 11.3. The first-order chi connectivity index (χ1) is 7.44. The fraction of sp³-hybridized carbons (Fsp3) is 1.00. The van der Waals surface area contributed by atoms with Gasteiger partial charge in [-0.2, -0.15) is 0 Å². The van der Waals surface area contributed by atoms with Gasteiger partial charge in [-0.3, -0.25) is 0 Å². The number of nitrogens with zero attached hydrogens (tertiary/aromatic N) is 1. The minimum atomic E-state index is -0.546. The van der Waals surface area contributed by atoms with Crippen LogP contribution in [-0.4, -0.2) is 47.3 Å². The van der Waals surface area contributed by atoms with Gasteiger partial charge < -0.3 is 15.3 Å². The zero-order chi connectivity index (χ0) is 12.2. The van der Waals surface area contributed by atoms with Crippen molar-refractivity contribution in [2.45, 2.75) is 64.6 Å². The highest BCUT2D eigenvalue weighted by Gasteiger charge is 2.23. The number of hydrogen-bond acceptors (Lipinski definition) is 3. The summed E-state index contributed by atoms with van der Waals surface area (Å²) in [6.45, 7) is 11.5. The molecule has 1 aliphatic rings. The van der Waals surface area contributed by atoms with Crippen molar-refractivity contribution >= 4 is 0 Å². The largest absolute Gasteiger partial charge is 0.389 e. The highest BCUT2D eigenvalue weighted by molar-refractivity contribution is 4.82. The molecule has 0 aromatic rings. The van der Waals surface area contributed by atoms with Crippen LogP contribution in [0.3, 0.4) is 0 Å². The van der Waals surface area contributed by atoms with Gasteiger partial charge in [-0.05, 0) is 53.1 Å². The molecule has 1 fully saturated rings. The maximum atomic E-state index is 9.92. The van der Waals surface area contributed by atoms with Crippen LogP contribution in [-0.2, 0) is 0 Å². The van der Waals surface area contributed by atoms with Crippen LogP contribution in [0.5, 0.6) is 0 Å². The molecular formula is C13H28N2O. The van der Waals surface area contributed by atoms with Crippen LogP contribution < -0.4 is 5.32 Å². The fourth-order valence-electron chi connectivity index (χ4n) is 2.11. The summed E-state index contributed by atoms with van der Waals surface area (Å²) >= 11 is 0. The average Bonchev–Trinajstić information content (AvgIpc) is 2.27. The van der Waals surface area contributed by atoms with Gasteiger partial charge in [0.1, 0.15) is 0 Å². The summed E-state index contributed by atoms with van der Waals surface area (Å²) in [6.07, 6.45) is 3.22. The van der Waals surface area contributed by atoms with Gasteiger partial charge in [-0.1, -0.05) is 6.92 Å². The maximum absolute atomic E-state index is 9.92. The van der Waals surface area contributed by atoms with Gasteiger partial charge in [0.05, 0.1) is 5.60 Å². The summed E-state index contributed by atoms with van der Waals surface area (Å²) in [5.74, 6) is 0. The van der Waals surface area contributed by atoms with Gasteiger partial charge in [-0.15, -0.1) is 0 Å². The molecule has 0 aromatic carbocycles. The Morgan fingerprint density at radius 1 is 1.38 bits per heavy atom. The first-order valence-corrected chi connectivity index (χ1v) is 6.64. The Bertz CT molecular complexity index is 196. The number of rotatable bonds is 5. The van der Waals surface area contributed by atoms with Crippen molar-refractivity contribution in [3.63, 3.8) is 0 Å². The number of aliphatic hydroxyl groups is 1. The van der Waals surface area contributed by atoms with Gasteiger partial charge >= 0.3 is 0 Å². The predicted octanol–water partition coefficient (Wildman–Crippen LogP) is 1.61. The maximum Gasteiger partial charge on any atom is 0.0741 e. The molecule has 1 heterocycles. The molecule has 1 atom stereocenters. The molecule has 0 aliphatic carbocycles. The van der Waals surface area contributed by atoms with Crippen molar-refractivity contribution in [3.05, 3.63) is 0 Å². The van der Waals surface area contributed by atoms with Crippen molar-refractivity contribution in [3.8, 4) is 0 Å². The lowest BCUT2D eigenvalue weighted by atomic mass is 10.00. The molecule has 0 bridgehead atoms. The molecule has 3 heteroatoms. The molecule has 1 unspecified atom stereocenters. The van der Waals surface area contributed by atoms with Crippen LogP contribution in [0, 0.1) is 0 Å². The van der Waals surface area contributed by atoms with Crippen LogP contribution >= 0.6 is 0 Å². The Morgan fingerprint density at radius 2 is 1.94 bits per heavy atom. The van der Waals surface area contributed by atoms with E-state index >= 15 is 0 Å². The summed E-state index contributed by atoms with van der Waals surface area (Å²) in [6, 6.07) is 1.26. The van der Waals surface area contributed by atoms with E-state index < -0.39 is 5.60 Å². The molecule has 0 spiro atoms. The molecule has 1 saturated heterocycles. The molecule has 0 amide bonds. The quantitative estimate of drug-likeness (QED) is 0.750. The van der Waals surface area contributed by atoms with E-state index in [2.05, 4.69) is 24.1 Å². The van der Waals surface area contributed by atoms with Crippen molar-refractivity contribution < 1.29 is 5.11 Å². The predicted molar refractivity (Wildman–Crippen MR) is 68.6 cm³/mol. The lowest BCUT2D eigenvalue weighted by Gasteiger charge is -2.36. The Hall–Kier alpha value is -0.120. The van der Waals surface area contributed by atoms with E-state index in [-0.39, 0.29) is 0 Å². The van der Waals surface area contributed by atoms with E-state index in [0.717, 1.165) is 13.0 Å².